The summed E-state index contributed by atoms with van der Waals surface area (Å²) in [5.74, 6) is 0.159. The highest BCUT2D eigenvalue weighted by molar-refractivity contribution is 5.63. The Kier molecular flexibility index (Phi) is 5.55. The van der Waals surface area contributed by atoms with Gasteiger partial charge in [-0.05, 0) is 68.6 Å². The molecule has 146 valence electrons. The van der Waals surface area contributed by atoms with Crippen LogP contribution in [0.5, 0.6) is 0 Å². The molecule has 1 N–H and O–H groups in total. The van der Waals surface area contributed by atoms with E-state index in [-0.39, 0.29) is 12.4 Å². The van der Waals surface area contributed by atoms with Gasteiger partial charge in [0, 0.05) is 30.5 Å². The van der Waals surface area contributed by atoms with Crippen LogP contribution in [0.2, 0.25) is 0 Å². The average Bonchev–Trinajstić information content (AvgIpc) is 3.12. The lowest BCUT2D eigenvalue weighted by Gasteiger charge is -2.30. The van der Waals surface area contributed by atoms with Crippen LogP contribution >= 0.6 is 0 Å². The molecule has 0 bridgehead atoms. The summed E-state index contributed by atoms with van der Waals surface area (Å²) < 4.78 is 15.7. The van der Waals surface area contributed by atoms with Gasteiger partial charge in [-0.3, -0.25) is 4.90 Å². The lowest BCUT2D eigenvalue weighted by atomic mass is 9.97. The minimum atomic E-state index is -0.252. The quantitative estimate of drug-likeness (QED) is 0.723. The van der Waals surface area contributed by atoms with Crippen molar-refractivity contribution >= 4 is 0 Å². The summed E-state index contributed by atoms with van der Waals surface area (Å²) in [5.41, 5.74) is 4.89. The lowest BCUT2D eigenvalue weighted by molar-refractivity contribution is 0.127. The molecule has 0 aliphatic carbocycles. The van der Waals surface area contributed by atoms with Gasteiger partial charge in [0.15, 0.2) is 0 Å². The number of halogens is 1. The van der Waals surface area contributed by atoms with Crippen molar-refractivity contribution in [1.82, 2.24) is 14.7 Å². The molecule has 0 unspecified atom stereocenters. The molecule has 1 saturated heterocycles. The van der Waals surface area contributed by atoms with Gasteiger partial charge in [0.05, 0.1) is 11.4 Å². The number of aliphatic hydroxyl groups excluding tert-OH is 1. The van der Waals surface area contributed by atoms with E-state index in [0.29, 0.717) is 5.92 Å². The second-order valence-electron chi connectivity index (χ2n) is 7.70. The van der Waals surface area contributed by atoms with Crippen LogP contribution in [0.3, 0.4) is 0 Å². The molecule has 1 fully saturated rings. The fraction of sp³-hybridized carbons (Fsp3) is 0.348. The largest absolute Gasteiger partial charge is 0.396 e. The Hall–Kier alpha value is -2.50. The predicted octanol–water partition coefficient (Wildman–Crippen LogP) is 4.19. The number of benzene rings is 2. The second-order valence-corrected chi connectivity index (χ2v) is 7.70. The van der Waals surface area contributed by atoms with E-state index in [0.717, 1.165) is 55.0 Å². The third-order valence-corrected chi connectivity index (χ3v) is 5.51. The molecule has 5 heteroatoms. The van der Waals surface area contributed by atoms with Crippen molar-refractivity contribution < 1.29 is 9.50 Å². The van der Waals surface area contributed by atoms with Gasteiger partial charge in [0.1, 0.15) is 5.82 Å². The summed E-state index contributed by atoms with van der Waals surface area (Å²) in [7, 11) is 0. The Bertz CT molecular complexity index is 945. The number of nitrogens with zero attached hydrogens (tertiary/aromatic N) is 3. The Morgan fingerprint density at radius 2 is 1.89 bits per heavy atom. The third-order valence-electron chi connectivity index (χ3n) is 5.51. The SMILES string of the molecule is Cc1cccc(-n2cc(CN3CCC(CO)CC3)c(-c3cccc(F)c3)n2)c1. The summed E-state index contributed by atoms with van der Waals surface area (Å²) in [6, 6.07) is 14.9. The fourth-order valence-corrected chi connectivity index (χ4v) is 3.87. The first-order valence-electron chi connectivity index (χ1n) is 9.87. The number of likely N-dealkylation sites (tertiary alicyclic amines) is 1. The summed E-state index contributed by atoms with van der Waals surface area (Å²) in [4.78, 5) is 2.40. The van der Waals surface area contributed by atoms with E-state index in [1.165, 1.54) is 11.6 Å². The number of aromatic nitrogens is 2. The number of rotatable bonds is 5. The molecule has 0 saturated carbocycles. The molecule has 1 aliphatic rings. The van der Waals surface area contributed by atoms with Crippen molar-refractivity contribution in [3.05, 3.63) is 71.7 Å². The molecule has 3 aromatic rings. The molecule has 0 radical (unpaired) electrons. The van der Waals surface area contributed by atoms with E-state index in [4.69, 9.17) is 5.10 Å². The van der Waals surface area contributed by atoms with Gasteiger partial charge in [-0.1, -0.05) is 24.3 Å². The molecule has 0 spiro atoms. The molecule has 1 aromatic heterocycles. The van der Waals surface area contributed by atoms with Crippen LogP contribution in [0.4, 0.5) is 4.39 Å². The molecule has 28 heavy (non-hydrogen) atoms. The van der Waals surface area contributed by atoms with Gasteiger partial charge in [0.25, 0.3) is 0 Å². The maximum atomic E-state index is 13.8. The molecule has 4 nitrogen and oxygen atoms in total. The van der Waals surface area contributed by atoms with E-state index in [1.54, 1.807) is 12.1 Å². The van der Waals surface area contributed by atoms with Crippen LogP contribution in [0.15, 0.2) is 54.7 Å². The van der Waals surface area contributed by atoms with Crippen LogP contribution in [-0.4, -0.2) is 39.5 Å². The molecular weight excluding hydrogens is 353 g/mol. The number of hydrogen-bond donors (Lipinski definition) is 1. The molecule has 2 heterocycles. The van der Waals surface area contributed by atoms with Gasteiger partial charge in [-0.2, -0.15) is 5.10 Å². The van der Waals surface area contributed by atoms with E-state index < -0.39 is 0 Å². The Balaban J connectivity index is 1.67. The Labute approximate surface area is 165 Å². The topological polar surface area (TPSA) is 41.3 Å². The van der Waals surface area contributed by atoms with Crippen LogP contribution in [-0.2, 0) is 6.54 Å². The number of aliphatic hydroxyl groups is 1. The highest BCUT2D eigenvalue weighted by atomic mass is 19.1. The summed E-state index contributed by atoms with van der Waals surface area (Å²) in [6.45, 7) is 5.03. The van der Waals surface area contributed by atoms with E-state index in [9.17, 15) is 9.50 Å². The number of hydrogen-bond acceptors (Lipinski definition) is 3. The van der Waals surface area contributed by atoms with Crippen molar-refractivity contribution in [2.24, 2.45) is 5.92 Å². The lowest BCUT2D eigenvalue weighted by Crippen LogP contribution is -2.34. The van der Waals surface area contributed by atoms with Crippen molar-refractivity contribution in [2.75, 3.05) is 19.7 Å². The van der Waals surface area contributed by atoms with Crippen LogP contribution in [0, 0.1) is 18.7 Å². The van der Waals surface area contributed by atoms with Gasteiger partial charge in [-0.15, -0.1) is 0 Å². The average molecular weight is 379 g/mol. The van der Waals surface area contributed by atoms with Crippen molar-refractivity contribution in [2.45, 2.75) is 26.3 Å². The van der Waals surface area contributed by atoms with Crippen LogP contribution in [0.25, 0.3) is 16.9 Å². The van der Waals surface area contributed by atoms with Crippen molar-refractivity contribution in [3.63, 3.8) is 0 Å². The van der Waals surface area contributed by atoms with Gasteiger partial charge < -0.3 is 5.11 Å². The zero-order chi connectivity index (χ0) is 19.5. The first-order valence-corrected chi connectivity index (χ1v) is 9.87. The fourth-order valence-electron chi connectivity index (χ4n) is 3.87. The minimum absolute atomic E-state index is 0.252. The molecule has 2 aromatic carbocycles. The standard InChI is InChI=1S/C23H26FN3O/c1-17-4-2-7-22(12-17)27-15-20(14-26-10-8-18(16-28)9-11-26)23(25-27)19-5-3-6-21(24)13-19/h2-7,12-13,15,18,28H,8-11,14,16H2,1H3. The molecule has 4 rings (SSSR count). The number of piperidine rings is 1. The number of aryl methyl sites for hydroxylation is 1. The minimum Gasteiger partial charge on any atom is -0.396 e. The highest BCUT2D eigenvalue weighted by Crippen LogP contribution is 2.27. The van der Waals surface area contributed by atoms with Crippen molar-refractivity contribution in [1.29, 1.82) is 0 Å². The second kappa shape index (κ2) is 8.25. The smallest absolute Gasteiger partial charge is 0.123 e. The monoisotopic (exact) mass is 379 g/mol. The van der Waals surface area contributed by atoms with Gasteiger partial charge >= 0.3 is 0 Å². The van der Waals surface area contributed by atoms with E-state index in [1.807, 2.05) is 22.9 Å². The van der Waals surface area contributed by atoms with Crippen molar-refractivity contribution in [3.8, 4) is 16.9 Å². The summed E-state index contributed by atoms with van der Waals surface area (Å²) in [6.07, 6.45) is 4.09. The zero-order valence-electron chi connectivity index (χ0n) is 16.2. The predicted molar refractivity (Wildman–Crippen MR) is 109 cm³/mol. The Morgan fingerprint density at radius 1 is 1.11 bits per heavy atom. The molecule has 0 amide bonds. The Morgan fingerprint density at radius 3 is 2.61 bits per heavy atom. The van der Waals surface area contributed by atoms with E-state index in [2.05, 4.69) is 30.2 Å². The van der Waals surface area contributed by atoms with Crippen LogP contribution in [0.1, 0.15) is 24.0 Å². The van der Waals surface area contributed by atoms with Gasteiger partial charge in [-0.25, -0.2) is 9.07 Å². The molecule has 0 atom stereocenters. The van der Waals surface area contributed by atoms with Crippen LogP contribution < -0.4 is 0 Å². The zero-order valence-corrected chi connectivity index (χ0v) is 16.2. The van der Waals surface area contributed by atoms with E-state index >= 15 is 0 Å². The third kappa shape index (κ3) is 4.16. The maximum absolute atomic E-state index is 13.8. The van der Waals surface area contributed by atoms with Gasteiger partial charge in [0.2, 0.25) is 0 Å². The summed E-state index contributed by atoms with van der Waals surface area (Å²) >= 11 is 0. The molecule has 1 aliphatic heterocycles. The highest BCUT2D eigenvalue weighted by Gasteiger charge is 2.21. The first-order chi connectivity index (χ1) is 13.6. The normalized spacial score (nSPS) is 15.8. The maximum Gasteiger partial charge on any atom is 0.123 e. The summed E-state index contributed by atoms with van der Waals surface area (Å²) in [5, 5.41) is 14.2. The first kappa shape index (κ1) is 18.8. The molecular formula is C23H26FN3O.